The van der Waals surface area contributed by atoms with Gasteiger partial charge in [0.25, 0.3) is 0 Å². The topological polar surface area (TPSA) is 223 Å². The monoisotopic (exact) mass is 761 g/mol. The molecule has 2 rings (SSSR count). The van der Waals surface area contributed by atoms with Gasteiger partial charge in [-0.05, 0) is 13.8 Å². The molecule has 15 nitrogen and oxygen atoms in total. The van der Waals surface area contributed by atoms with Crippen LogP contribution in [0.4, 0.5) is 26.3 Å². The van der Waals surface area contributed by atoms with Crippen molar-refractivity contribution < 1.29 is 133 Å². The van der Waals surface area contributed by atoms with E-state index in [1.54, 1.807) is 20.8 Å². The first-order chi connectivity index (χ1) is 17.2. The second-order valence-electron chi connectivity index (χ2n) is 6.76. The Labute approximate surface area is 288 Å². The van der Waals surface area contributed by atoms with Crippen LogP contribution in [0.2, 0.25) is 0 Å². The SMILES string of the molecule is CCn1cc[n+](C)c1.CCn1ccnc1.CS(=O)(=O)[N-]S(=O)(=O)C(F)(F)F.CS(=O)(=O)[N-]S(=O)(=O)C(F)(F)F.O.[Cl-].[Cl-].[Li+].[Li+]. The quantitative estimate of drug-likeness (QED) is 0.155. The molecule has 0 aromatic carbocycles. The normalized spacial score (nSPS) is 11.2. The number of hydrogen-bond acceptors (Lipinski definition) is 9. The predicted molar refractivity (Wildman–Crippen MR) is 129 cm³/mol. The van der Waals surface area contributed by atoms with Gasteiger partial charge in [-0.25, -0.2) is 47.8 Å². The zero-order valence-electron chi connectivity index (χ0n) is 24.0. The summed E-state index contributed by atoms with van der Waals surface area (Å²) in [5, 5.41) is 0. The molecule has 2 aromatic rings. The van der Waals surface area contributed by atoms with E-state index in [9.17, 15) is 60.0 Å². The number of nitrogens with zero attached hydrogens (tertiary/aromatic N) is 6. The van der Waals surface area contributed by atoms with Crippen LogP contribution in [0.5, 0.6) is 0 Å². The van der Waals surface area contributed by atoms with Gasteiger partial charge in [0.1, 0.15) is 12.4 Å². The van der Waals surface area contributed by atoms with Crippen molar-refractivity contribution in [2.24, 2.45) is 7.05 Å². The van der Waals surface area contributed by atoms with Gasteiger partial charge in [-0.3, -0.25) is 0 Å². The summed E-state index contributed by atoms with van der Waals surface area (Å²) in [7, 11) is -18.9. The molecule has 0 fully saturated rings. The second-order valence-corrected chi connectivity index (χ2v) is 13.7. The molecule has 2 N–H and O–H groups in total. The number of hydrogen-bond donors (Lipinski definition) is 0. The van der Waals surface area contributed by atoms with Crippen LogP contribution < -0.4 is 67.1 Å². The predicted octanol–water partition coefficient (Wildman–Crippen LogP) is -11.2. The van der Waals surface area contributed by atoms with Crippen molar-refractivity contribution in [2.45, 2.75) is 38.0 Å². The number of alkyl halides is 6. The van der Waals surface area contributed by atoms with Crippen LogP contribution >= 0.6 is 0 Å². The molecule has 2 aromatic heterocycles. The molecule has 0 saturated carbocycles. The number of aromatic nitrogens is 4. The van der Waals surface area contributed by atoms with Gasteiger partial charge in [-0.1, -0.05) is 0 Å². The van der Waals surface area contributed by atoms with Crippen molar-refractivity contribution in [2.75, 3.05) is 12.5 Å². The average Bonchev–Trinajstić information content (AvgIpc) is 3.35. The average molecular weight is 762 g/mol. The molecule has 29 heteroatoms. The number of aryl methyl sites for hydroxylation is 3. The summed E-state index contributed by atoms with van der Waals surface area (Å²) in [6.07, 6.45) is 12.2. The molecule has 2 heterocycles. The molecule has 0 atom stereocenters. The summed E-state index contributed by atoms with van der Waals surface area (Å²) < 4.78 is 158. The zero-order chi connectivity index (χ0) is 31.5. The zero-order valence-corrected chi connectivity index (χ0v) is 28.8. The van der Waals surface area contributed by atoms with Gasteiger partial charge >= 0.3 is 48.7 Å². The van der Waals surface area contributed by atoms with Crippen molar-refractivity contribution in [3.63, 3.8) is 0 Å². The smallest absolute Gasteiger partial charge is 1.00 e. The molecule has 0 spiro atoms. The number of halogens is 8. The number of sulfonamides is 4. The Balaban J connectivity index is -0.0000000813. The van der Waals surface area contributed by atoms with Crippen LogP contribution in [0.1, 0.15) is 13.8 Å². The molecule has 44 heavy (non-hydrogen) atoms. The van der Waals surface area contributed by atoms with Gasteiger partial charge in [0.2, 0.25) is 6.33 Å². The number of imidazole rings is 2. The Bertz CT molecular complexity index is 1390. The minimum atomic E-state index is -5.92. The molecule has 0 aliphatic rings. The van der Waals surface area contributed by atoms with Crippen molar-refractivity contribution in [3.8, 4) is 0 Å². The van der Waals surface area contributed by atoms with E-state index in [0.717, 1.165) is 13.1 Å². The van der Waals surface area contributed by atoms with Gasteiger partial charge in [0.05, 0.1) is 40.0 Å². The molecule has 0 aliphatic heterocycles. The third kappa shape index (κ3) is 27.7. The first-order valence-corrected chi connectivity index (χ1v) is 16.2. The summed E-state index contributed by atoms with van der Waals surface area (Å²) >= 11 is 0. The van der Waals surface area contributed by atoms with E-state index in [1.807, 2.05) is 28.6 Å². The fourth-order valence-corrected chi connectivity index (χ4v) is 5.13. The molecule has 0 amide bonds. The Kier molecular flexibility index (Phi) is 31.8. The summed E-state index contributed by atoms with van der Waals surface area (Å²) in [6.45, 7) is 6.28. The van der Waals surface area contributed by atoms with Gasteiger partial charge in [0.15, 0.2) is 20.0 Å². The van der Waals surface area contributed by atoms with Crippen LogP contribution in [0.25, 0.3) is 8.25 Å². The molecule has 0 bridgehead atoms. The van der Waals surface area contributed by atoms with Crippen molar-refractivity contribution >= 4 is 40.1 Å². The first kappa shape index (κ1) is 58.9. The van der Waals surface area contributed by atoms with E-state index in [2.05, 4.69) is 35.9 Å². The van der Waals surface area contributed by atoms with E-state index >= 15 is 0 Å². The fourth-order valence-electron chi connectivity index (χ4n) is 1.60. The van der Waals surface area contributed by atoms with Crippen molar-refractivity contribution in [1.82, 2.24) is 14.1 Å². The molecular weight excluding hydrogens is 735 g/mol. The van der Waals surface area contributed by atoms with E-state index < -0.39 is 51.1 Å². The summed E-state index contributed by atoms with van der Waals surface area (Å²) in [6, 6.07) is 0. The van der Waals surface area contributed by atoms with Crippen LogP contribution in [0.3, 0.4) is 0 Å². The van der Waals surface area contributed by atoms with Gasteiger partial charge < -0.3 is 43.1 Å². The Morgan fingerprint density at radius 2 is 1.07 bits per heavy atom. The molecule has 0 radical (unpaired) electrons. The molecule has 254 valence electrons. The Morgan fingerprint density at radius 3 is 1.18 bits per heavy atom. The maximum absolute atomic E-state index is 11.4. The molecule has 0 unspecified atom stereocenters. The maximum atomic E-state index is 11.4. The van der Waals surface area contributed by atoms with Gasteiger partial charge in [-0.2, -0.15) is 26.3 Å². The van der Waals surface area contributed by atoms with Gasteiger partial charge in [0, 0.05) is 31.4 Å². The molecular formula is C15H27Cl2F6Li2N6O9S4-. The number of rotatable bonds is 6. The second kappa shape index (κ2) is 23.7. The summed E-state index contributed by atoms with van der Waals surface area (Å²) in [5.74, 6) is 0. The van der Waals surface area contributed by atoms with E-state index in [0.29, 0.717) is 0 Å². The Morgan fingerprint density at radius 1 is 0.727 bits per heavy atom. The minimum absolute atomic E-state index is 0. The standard InChI is InChI=1S/C6H11N2.C5H8N2.2C2H3F3NO4S2.2ClH.2Li.H2O/c1-3-8-5-4-7(2)6-8;1-2-7-4-3-6-5-7;2*1-11(7,8)6-12(9,10)2(3,4)5;;;;;/h4-6H,3H2,1-2H3;3-5H,2H2,1H3;2*1H3;2*1H;;;1H2/q+1;;2*-1;;;2*+1;/p-2. The van der Waals surface area contributed by atoms with Crippen LogP contribution in [0.15, 0.2) is 37.4 Å². The maximum Gasteiger partial charge on any atom is 1.00 e. The third-order valence-corrected chi connectivity index (χ3v) is 8.07. The minimum Gasteiger partial charge on any atom is -1.00 e. The van der Waals surface area contributed by atoms with Gasteiger partial charge in [-0.15, -0.1) is 0 Å². The van der Waals surface area contributed by atoms with E-state index in [-0.39, 0.29) is 80.5 Å². The summed E-state index contributed by atoms with van der Waals surface area (Å²) in [5.41, 5.74) is -11.3. The third-order valence-electron chi connectivity index (χ3n) is 3.17. The van der Waals surface area contributed by atoms with Crippen LogP contribution in [-0.4, -0.2) is 76.8 Å². The Hall–Kier alpha value is -0.545. The van der Waals surface area contributed by atoms with Crippen LogP contribution in [-0.2, 0) is 60.2 Å². The van der Waals surface area contributed by atoms with Crippen molar-refractivity contribution in [1.29, 1.82) is 0 Å². The molecule has 0 aliphatic carbocycles. The fraction of sp³-hybridized carbons (Fsp3) is 0.600. The molecule has 0 saturated heterocycles. The van der Waals surface area contributed by atoms with Crippen LogP contribution in [0, 0.1) is 0 Å². The van der Waals surface area contributed by atoms with E-state index in [4.69, 9.17) is 0 Å². The van der Waals surface area contributed by atoms with Crippen molar-refractivity contribution in [3.05, 3.63) is 45.7 Å². The first-order valence-electron chi connectivity index (χ1n) is 9.65. The largest absolute Gasteiger partial charge is 1.00 e. The van der Waals surface area contributed by atoms with E-state index in [1.165, 1.54) is 0 Å². The summed E-state index contributed by atoms with van der Waals surface area (Å²) in [4.78, 5) is 3.86.